The molecule has 2 spiro atoms. The first-order valence-corrected chi connectivity index (χ1v) is 17.6. The fourth-order valence-electron chi connectivity index (χ4n) is 12.5. The molecule has 4 nitrogen and oxygen atoms in total. The Bertz CT molecular complexity index is 1340. The first-order chi connectivity index (χ1) is 20.7. The van der Waals surface area contributed by atoms with Gasteiger partial charge in [-0.15, -0.1) is 0 Å². The van der Waals surface area contributed by atoms with Gasteiger partial charge in [-0.05, 0) is 154 Å². The fraction of sp³-hybridized carbons (Fsp3) is 0.725. The van der Waals surface area contributed by atoms with Gasteiger partial charge in [0.1, 0.15) is 6.10 Å². The van der Waals surface area contributed by atoms with Gasteiger partial charge < -0.3 is 14.6 Å². The minimum Gasteiger partial charge on any atom is -0.504 e. The molecule has 1 aromatic rings. The third-order valence-electron chi connectivity index (χ3n) is 14.8. The zero-order chi connectivity index (χ0) is 31.7. The lowest BCUT2D eigenvalue weighted by molar-refractivity contribution is -0.179. The number of carbonyl (C=O) groups excluding carboxylic acids is 1. The molecule has 0 amide bonds. The zero-order valence-electron chi connectivity index (χ0n) is 28.8. The van der Waals surface area contributed by atoms with E-state index in [1.807, 2.05) is 0 Å². The van der Waals surface area contributed by atoms with Crippen LogP contribution in [0.5, 0.6) is 11.5 Å². The van der Waals surface area contributed by atoms with E-state index in [9.17, 15) is 9.90 Å². The highest BCUT2D eigenvalue weighted by molar-refractivity contribution is 5.87. The van der Waals surface area contributed by atoms with Crippen LogP contribution in [0.25, 0.3) is 6.08 Å². The molecule has 0 saturated heterocycles. The number of phenols is 1. The minimum atomic E-state index is -0.276. The number of benzene rings is 1. The highest BCUT2D eigenvalue weighted by Crippen LogP contribution is 2.89. The average Bonchev–Trinajstić information content (AvgIpc) is 3.55. The smallest absolute Gasteiger partial charge is 0.331 e. The van der Waals surface area contributed by atoms with Crippen LogP contribution in [0.1, 0.15) is 125 Å². The number of ether oxygens (including phenoxy) is 2. The molecule has 242 valence electrons. The number of allylic oxidation sites excluding steroid dienone is 2. The van der Waals surface area contributed by atoms with Gasteiger partial charge in [-0.3, -0.25) is 0 Å². The minimum absolute atomic E-state index is 0.0305. The Labute approximate surface area is 267 Å². The van der Waals surface area contributed by atoms with Crippen LogP contribution < -0.4 is 4.74 Å². The first-order valence-electron chi connectivity index (χ1n) is 17.6. The molecule has 5 aliphatic rings. The molecule has 0 aromatic heterocycles. The van der Waals surface area contributed by atoms with E-state index in [4.69, 9.17) is 9.47 Å². The van der Waals surface area contributed by atoms with Crippen LogP contribution in [0.2, 0.25) is 0 Å². The van der Waals surface area contributed by atoms with E-state index >= 15 is 0 Å². The van der Waals surface area contributed by atoms with Gasteiger partial charge in [-0.1, -0.05) is 52.3 Å². The Balaban J connectivity index is 1.15. The maximum absolute atomic E-state index is 13.1. The van der Waals surface area contributed by atoms with E-state index in [-0.39, 0.29) is 23.2 Å². The van der Waals surface area contributed by atoms with Crippen LogP contribution in [-0.4, -0.2) is 24.3 Å². The van der Waals surface area contributed by atoms with Crippen molar-refractivity contribution in [1.29, 1.82) is 0 Å². The predicted octanol–water partition coefficient (Wildman–Crippen LogP) is 10.1. The second-order valence-corrected chi connectivity index (χ2v) is 17.0. The topological polar surface area (TPSA) is 55.8 Å². The molecule has 5 saturated carbocycles. The molecule has 0 bridgehead atoms. The van der Waals surface area contributed by atoms with Crippen molar-refractivity contribution in [1.82, 2.24) is 0 Å². The largest absolute Gasteiger partial charge is 0.504 e. The fourth-order valence-corrected chi connectivity index (χ4v) is 12.5. The number of phenolic OH excluding ortho intramolecular Hbond substituents is 1. The highest BCUT2D eigenvalue weighted by Gasteiger charge is 2.82. The van der Waals surface area contributed by atoms with Gasteiger partial charge >= 0.3 is 5.97 Å². The highest BCUT2D eigenvalue weighted by atomic mass is 16.5. The van der Waals surface area contributed by atoms with E-state index in [1.165, 1.54) is 83.0 Å². The lowest BCUT2D eigenvalue weighted by atomic mass is 9.41. The van der Waals surface area contributed by atoms with Gasteiger partial charge in [-0.2, -0.15) is 0 Å². The summed E-state index contributed by atoms with van der Waals surface area (Å²) in [4.78, 5) is 13.1. The number of aromatic hydroxyl groups is 1. The van der Waals surface area contributed by atoms with Crippen LogP contribution in [0.15, 0.2) is 35.9 Å². The van der Waals surface area contributed by atoms with Crippen molar-refractivity contribution in [3.8, 4) is 11.5 Å². The second-order valence-electron chi connectivity index (χ2n) is 17.0. The van der Waals surface area contributed by atoms with Gasteiger partial charge in [0.15, 0.2) is 11.5 Å². The molecule has 1 aromatic carbocycles. The number of hydrogen-bond acceptors (Lipinski definition) is 4. The first kappa shape index (κ1) is 31.7. The molecular formula is C40H58O4. The summed E-state index contributed by atoms with van der Waals surface area (Å²) in [5.41, 5.74) is 4.08. The number of fused-ring (bicyclic) bond motifs is 2. The van der Waals surface area contributed by atoms with E-state index in [0.717, 1.165) is 29.7 Å². The molecule has 4 heteroatoms. The monoisotopic (exact) mass is 602 g/mol. The Morgan fingerprint density at radius 2 is 1.70 bits per heavy atom. The summed E-state index contributed by atoms with van der Waals surface area (Å²) in [5.74, 6) is 3.33. The number of methoxy groups -OCH3 is 1. The summed E-state index contributed by atoms with van der Waals surface area (Å²) in [5, 5.41) is 9.88. The molecule has 6 rings (SSSR count). The van der Waals surface area contributed by atoms with Crippen molar-refractivity contribution >= 4 is 12.0 Å². The Morgan fingerprint density at radius 3 is 2.43 bits per heavy atom. The van der Waals surface area contributed by atoms with Gasteiger partial charge in [0.2, 0.25) is 0 Å². The van der Waals surface area contributed by atoms with Crippen molar-refractivity contribution < 1.29 is 19.4 Å². The molecule has 1 N–H and O–H groups in total. The predicted molar refractivity (Wildman–Crippen MR) is 178 cm³/mol. The summed E-state index contributed by atoms with van der Waals surface area (Å²) in [6.45, 7) is 17.2. The zero-order valence-corrected chi connectivity index (χ0v) is 28.8. The van der Waals surface area contributed by atoms with Gasteiger partial charge in [0, 0.05) is 11.5 Å². The molecule has 0 aliphatic heterocycles. The molecule has 5 aliphatic carbocycles. The third-order valence-corrected chi connectivity index (χ3v) is 14.8. The molecular weight excluding hydrogens is 544 g/mol. The van der Waals surface area contributed by atoms with E-state index < -0.39 is 0 Å². The van der Waals surface area contributed by atoms with E-state index in [2.05, 4.69) is 54.5 Å². The van der Waals surface area contributed by atoms with Crippen molar-refractivity contribution in [3.05, 3.63) is 41.5 Å². The number of carbonyl (C=O) groups is 1. The normalized spacial score (nSPS) is 40.6. The SMILES string of the molecule is COc1cc(C=CC(=O)O[C@H]2CC[C@]34CC35CC[C@]3(C)[C@@H](C(C)CCC=C(C)C)CC[C@@]3(C)C5CCC4C2(C)C)ccc1O. The quantitative estimate of drug-likeness (QED) is 0.183. The average molecular weight is 603 g/mol. The standard InChI is InChI=1S/C40H58O4/c1-26(2)10-9-11-27(3)29-18-20-38(7)33-16-15-32-36(4,5)34(19-21-39(32)25-40(33,39)23-22-37(29,38)6)44-35(42)17-13-28-12-14-30(41)31(24-28)43-8/h10,12-14,17,24,27,29,32-34,41H,9,11,15-16,18-23,25H2,1-8H3/t27?,29-,32?,33?,34+,37-,38+,39-,40?/m1/s1. The van der Waals surface area contributed by atoms with Crippen LogP contribution in [0, 0.1) is 50.7 Å². The van der Waals surface area contributed by atoms with Gasteiger partial charge in [0.05, 0.1) is 7.11 Å². The molecule has 5 fully saturated rings. The van der Waals surface area contributed by atoms with Crippen LogP contribution in [0.4, 0.5) is 0 Å². The van der Waals surface area contributed by atoms with Crippen molar-refractivity contribution in [2.45, 2.75) is 125 Å². The summed E-state index contributed by atoms with van der Waals surface area (Å²) < 4.78 is 11.4. The molecule has 44 heavy (non-hydrogen) atoms. The molecule has 9 atom stereocenters. The Morgan fingerprint density at radius 1 is 0.977 bits per heavy atom. The molecule has 0 heterocycles. The van der Waals surface area contributed by atoms with E-state index in [1.54, 1.807) is 24.3 Å². The van der Waals surface area contributed by atoms with Gasteiger partial charge in [-0.25, -0.2) is 4.79 Å². The van der Waals surface area contributed by atoms with Crippen molar-refractivity contribution in [2.24, 2.45) is 50.7 Å². The van der Waals surface area contributed by atoms with Crippen molar-refractivity contribution in [2.75, 3.05) is 7.11 Å². The lowest BCUT2D eigenvalue weighted by Gasteiger charge is -2.63. The molecule has 4 unspecified atom stereocenters. The van der Waals surface area contributed by atoms with Crippen LogP contribution >= 0.6 is 0 Å². The summed E-state index contributed by atoms with van der Waals surface area (Å²) >= 11 is 0. The van der Waals surface area contributed by atoms with Gasteiger partial charge in [0.25, 0.3) is 0 Å². The lowest BCUT2D eigenvalue weighted by Crippen LogP contribution is -2.58. The number of hydrogen-bond donors (Lipinski definition) is 1. The Kier molecular flexibility index (Phi) is 7.89. The van der Waals surface area contributed by atoms with Crippen LogP contribution in [-0.2, 0) is 9.53 Å². The van der Waals surface area contributed by atoms with E-state index in [0.29, 0.717) is 33.3 Å². The van der Waals surface area contributed by atoms with Crippen LogP contribution in [0.3, 0.4) is 0 Å². The summed E-state index contributed by atoms with van der Waals surface area (Å²) in [6.07, 6.45) is 20.1. The number of rotatable bonds is 8. The molecule has 0 radical (unpaired) electrons. The van der Waals surface area contributed by atoms with Crippen molar-refractivity contribution in [3.63, 3.8) is 0 Å². The third kappa shape index (κ3) is 4.62. The number of esters is 1. The summed E-state index contributed by atoms with van der Waals surface area (Å²) in [6, 6.07) is 5.09. The second kappa shape index (κ2) is 10.9. The maximum Gasteiger partial charge on any atom is 0.331 e. The summed E-state index contributed by atoms with van der Waals surface area (Å²) in [7, 11) is 1.53. The Hall–Kier alpha value is -2.23. The maximum atomic E-state index is 13.1.